The summed E-state index contributed by atoms with van der Waals surface area (Å²) in [6.07, 6.45) is -4.61. The van der Waals surface area contributed by atoms with E-state index < -0.39 is 30.5 Å². The second kappa shape index (κ2) is 6.95. The fraction of sp³-hybridized carbons (Fsp3) is 0.357. The molecular formula is C14H14F5N3O. The second-order valence-corrected chi connectivity index (χ2v) is 4.69. The van der Waals surface area contributed by atoms with E-state index in [1.54, 1.807) is 6.20 Å². The normalized spacial score (nSPS) is 12.0. The molecular weight excluding hydrogens is 321 g/mol. The third kappa shape index (κ3) is 4.41. The number of nitrogens with two attached hydrogens (primary N) is 1. The van der Waals surface area contributed by atoms with Crippen molar-refractivity contribution < 1.29 is 26.7 Å². The Hall–Kier alpha value is -2.16. The van der Waals surface area contributed by atoms with Crippen molar-refractivity contribution in [3.05, 3.63) is 36.2 Å². The lowest BCUT2D eigenvalue weighted by molar-refractivity contribution is -0.139. The Morgan fingerprint density at radius 1 is 1.22 bits per heavy atom. The quantitative estimate of drug-likeness (QED) is 0.825. The monoisotopic (exact) mass is 335 g/mol. The minimum Gasteiger partial charge on any atom is -0.487 e. The minimum atomic E-state index is -4.72. The fourth-order valence-electron chi connectivity index (χ4n) is 1.98. The van der Waals surface area contributed by atoms with Crippen molar-refractivity contribution in [2.24, 2.45) is 5.73 Å². The van der Waals surface area contributed by atoms with Gasteiger partial charge in [-0.2, -0.15) is 18.3 Å². The minimum absolute atomic E-state index is 0.255. The lowest BCUT2D eigenvalue weighted by Gasteiger charge is -2.15. The van der Waals surface area contributed by atoms with E-state index in [1.165, 1.54) is 16.9 Å². The molecule has 9 heteroatoms. The van der Waals surface area contributed by atoms with E-state index in [-0.39, 0.29) is 5.56 Å². The van der Waals surface area contributed by atoms with Crippen LogP contribution < -0.4 is 10.5 Å². The summed E-state index contributed by atoms with van der Waals surface area (Å²) in [6, 6.07) is 3.24. The topological polar surface area (TPSA) is 53.1 Å². The molecule has 0 aliphatic heterocycles. The molecule has 126 valence electrons. The Kier molecular flexibility index (Phi) is 5.19. The molecule has 1 aromatic heterocycles. The number of aromatic nitrogens is 2. The largest absolute Gasteiger partial charge is 0.487 e. The van der Waals surface area contributed by atoms with Crippen LogP contribution in [0.3, 0.4) is 0 Å². The molecule has 0 spiro atoms. The molecule has 0 amide bonds. The van der Waals surface area contributed by atoms with Gasteiger partial charge in [-0.25, -0.2) is 8.78 Å². The molecule has 1 aromatic carbocycles. The van der Waals surface area contributed by atoms with Crippen LogP contribution in [-0.2, 0) is 12.7 Å². The zero-order chi connectivity index (χ0) is 17.0. The number of halogens is 5. The van der Waals surface area contributed by atoms with Crippen LogP contribution >= 0.6 is 0 Å². The number of alkyl halides is 5. The highest BCUT2D eigenvalue weighted by molar-refractivity contribution is 5.64. The number of nitrogens with zero attached hydrogens (tertiary/aromatic N) is 2. The lowest BCUT2D eigenvalue weighted by Crippen LogP contribution is -2.13. The maximum atomic E-state index is 13.1. The van der Waals surface area contributed by atoms with E-state index in [2.05, 4.69) is 9.84 Å². The number of hydrogen-bond acceptors (Lipinski definition) is 3. The highest BCUT2D eigenvalue weighted by Crippen LogP contribution is 2.38. The molecule has 2 N–H and O–H groups in total. The number of ether oxygens (including phenoxy) is 1. The molecule has 1 heterocycles. The van der Waals surface area contributed by atoms with Crippen LogP contribution in [0.1, 0.15) is 5.56 Å². The Morgan fingerprint density at radius 3 is 2.57 bits per heavy atom. The van der Waals surface area contributed by atoms with Gasteiger partial charge < -0.3 is 10.5 Å². The first-order valence-electron chi connectivity index (χ1n) is 6.66. The van der Waals surface area contributed by atoms with Crippen molar-refractivity contribution >= 4 is 0 Å². The second-order valence-electron chi connectivity index (χ2n) is 4.69. The maximum absolute atomic E-state index is 13.1. The molecule has 2 rings (SSSR count). The van der Waals surface area contributed by atoms with Crippen LogP contribution in [0.5, 0.6) is 5.75 Å². The van der Waals surface area contributed by atoms with Crippen molar-refractivity contribution in [3.63, 3.8) is 0 Å². The van der Waals surface area contributed by atoms with Crippen LogP contribution in [0.25, 0.3) is 11.1 Å². The number of rotatable bonds is 6. The summed E-state index contributed by atoms with van der Waals surface area (Å²) in [4.78, 5) is 0. The predicted molar refractivity (Wildman–Crippen MR) is 73.2 cm³/mol. The summed E-state index contributed by atoms with van der Waals surface area (Å²) < 4.78 is 69.6. The standard InChI is InChI=1S/C14H14F5N3O/c15-13(16)8-23-12-2-1-9(5-11(12)14(17,18)19)10-6-21-22(7-10)4-3-20/h1-2,5-7,13H,3-4,8,20H2. The predicted octanol–water partition coefficient (Wildman–Crippen LogP) is 3.17. The zero-order valence-electron chi connectivity index (χ0n) is 11.9. The highest BCUT2D eigenvalue weighted by atomic mass is 19.4. The molecule has 2 aromatic rings. The summed E-state index contributed by atoms with van der Waals surface area (Å²) in [7, 11) is 0. The molecule has 0 aliphatic carbocycles. The van der Waals surface area contributed by atoms with Gasteiger partial charge in [-0.05, 0) is 17.7 Å². The SMILES string of the molecule is NCCn1cc(-c2ccc(OCC(F)F)c(C(F)(F)F)c2)cn1. The molecule has 4 nitrogen and oxygen atoms in total. The molecule has 0 radical (unpaired) electrons. The Labute approximate surface area is 128 Å². The van der Waals surface area contributed by atoms with Gasteiger partial charge in [0.2, 0.25) is 0 Å². The van der Waals surface area contributed by atoms with Crippen LogP contribution in [0.15, 0.2) is 30.6 Å². The van der Waals surface area contributed by atoms with E-state index in [0.29, 0.717) is 18.7 Å². The highest BCUT2D eigenvalue weighted by Gasteiger charge is 2.35. The van der Waals surface area contributed by atoms with Gasteiger partial charge in [0.1, 0.15) is 12.4 Å². The van der Waals surface area contributed by atoms with Crippen LogP contribution in [0.4, 0.5) is 22.0 Å². The van der Waals surface area contributed by atoms with Gasteiger partial charge in [-0.15, -0.1) is 0 Å². The van der Waals surface area contributed by atoms with Crippen LogP contribution in [0.2, 0.25) is 0 Å². The molecule has 0 bridgehead atoms. The fourth-order valence-corrected chi connectivity index (χ4v) is 1.98. The maximum Gasteiger partial charge on any atom is 0.419 e. The van der Waals surface area contributed by atoms with E-state index in [4.69, 9.17) is 5.73 Å². The third-order valence-electron chi connectivity index (χ3n) is 2.97. The van der Waals surface area contributed by atoms with Gasteiger partial charge in [0.25, 0.3) is 6.43 Å². The lowest BCUT2D eigenvalue weighted by atomic mass is 10.0. The molecule has 0 saturated heterocycles. The Morgan fingerprint density at radius 2 is 1.96 bits per heavy atom. The third-order valence-corrected chi connectivity index (χ3v) is 2.97. The smallest absolute Gasteiger partial charge is 0.419 e. The number of benzene rings is 1. The van der Waals surface area contributed by atoms with Crippen molar-refractivity contribution in [1.29, 1.82) is 0 Å². The number of hydrogen-bond donors (Lipinski definition) is 1. The van der Waals surface area contributed by atoms with Crippen LogP contribution in [0, 0.1) is 0 Å². The zero-order valence-corrected chi connectivity index (χ0v) is 11.9. The van der Waals surface area contributed by atoms with E-state index in [1.807, 2.05) is 0 Å². The summed E-state index contributed by atoms with van der Waals surface area (Å²) in [5.74, 6) is -0.629. The first kappa shape index (κ1) is 17.2. The first-order valence-corrected chi connectivity index (χ1v) is 6.66. The van der Waals surface area contributed by atoms with Gasteiger partial charge in [0.05, 0.1) is 18.3 Å². The molecule has 0 fully saturated rings. The van der Waals surface area contributed by atoms with Crippen molar-refractivity contribution in [3.8, 4) is 16.9 Å². The molecule has 0 aliphatic rings. The van der Waals surface area contributed by atoms with Gasteiger partial charge in [-0.3, -0.25) is 4.68 Å². The average Bonchev–Trinajstić information content (AvgIpc) is 2.93. The average molecular weight is 335 g/mol. The van der Waals surface area contributed by atoms with E-state index in [9.17, 15) is 22.0 Å². The molecule has 0 saturated carbocycles. The van der Waals surface area contributed by atoms with Gasteiger partial charge in [-0.1, -0.05) is 6.07 Å². The Bertz CT molecular complexity index is 654. The summed E-state index contributed by atoms with van der Waals surface area (Å²) in [6.45, 7) is -0.325. The molecule has 0 unspecified atom stereocenters. The summed E-state index contributed by atoms with van der Waals surface area (Å²) in [5.41, 5.74) is 4.99. The van der Waals surface area contributed by atoms with Crippen molar-refractivity contribution in [2.75, 3.05) is 13.2 Å². The van der Waals surface area contributed by atoms with Gasteiger partial charge >= 0.3 is 6.18 Å². The molecule has 0 atom stereocenters. The van der Waals surface area contributed by atoms with Gasteiger partial charge in [0.15, 0.2) is 0 Å². The van der Waals surface area contributed by atoms with Gasteiger partial charge in [0, 0.05) is 18.3 Å². The van der Waals surface area contributed by atoms with E-state index >= 15 is 0 Å². The molecule has 23 heavy (non-hydrogen) atoms. The summed E-state index contributed by atoms with van der Waals surface area (Å²) >= 11 is 0. The van der Waals surface area contributed by atoms with Crippen molar-refractivity contribution in [2.45, 2.75) is 19.1 Å². The summed E-state index contributed by atoms with van der Waals surface area (Å²) in [5, 5.41) is 3.98. The first-order chi connectivity index (χ1) is 10.8. The Balaban J connectivity index is 2.35. The van der Waals surface area contributed by atoms with Crippen molar-refractivity contribution in [1.82, 2.24) is 9.78 Å². The van der Waals surface area contributed by atoms with E-state index in [0.717, 1.165) is 12.1 Å². The van der Waals surface area contributed by atoms with Crippen LogP contribution in [-0.4, -0.2) is 29.4 Å².